The molecule has 2 aliphatic heterocycles. The van der Waals surface area contributed by atoms with Gasteiger partial charge < -0.3 is 13.9 Å². The van der Waals surface area contributed by atoms with Gasteiger partial charge in [-0.25, -0.2) is 0 Å². The number of rotatable bonds is 6. The van der Waals surface area contributed by atoms with Gasteiger partial charge in [0.15, 0.2) is 14.1 Å². The predicted molar refractivity (Wildman–Crippen MR) is 102 cm³/mol. The summed E-state index contributed by atoms with van der Waals surface area (Å²) in [4.78, 5) is 2.36. The smallest absolute Gasteiger partial charge is 0.192 e. The summed E-state index contributed by atoms with van der Waals surface area (Å²) >= 11 is 0. The third-order valence-corrected chi connectivity index (χ3v) is 10.0. The van der Waals surface area contributed by atoms with E-state index in [1.807, 2.05) is 26.0 Å². The molecule has 2 heterocycles. The lowest BCUT2D eigenvalue weighted by atomic mass is 10.0. The lowest BCUT2D eigenvalue weighted by molar-refractivity contribution is -0.164. The molecule has 5 heteroatoms. The third-order valence-electron chi connectivity index (χ3n) is 5.56. The molecule has 138 valence electrons. The maximum Gasteiger partial charge on any atom is 0.192 e. The Balaban J connectivity index is 2.26. The van der Waals surface area contributed by atoms with Gasteiger partial charge in [0.2, 0.25) is 0 Å². The molecule has 0 amide bonds. The molecule has 0 aromatic heterocycles. The van der Waals surface area contributed by atoms with Crippen molar-refractivity contribution in [1.29, 1.82) is 0 Å². The Labute approximate surface area is 149 Å². The van der Waals surface area contributed by atoms with Crippen molar-refractivity contribution in [2.45, 2.75) is 82.9 Å². The van der Waals surface area contributed by atoms with Crippen LogP contribution in [0.1, 0.15) is 34.6 Å². The van der Waals surface area contributed by atoms with Crippen molar-refractivity contribution >= 4 is 8.32 Å². The van der Waals surface area contributed by atoms with Crippen LogP contribution in [0.4, 0.5) is 0 Å². The predicted octanol–water partition coefficient (Wildman–Crippen LogP) is 3.95. The number of likely N-dealkylation sites (tertiary alicyclic amines) is 1. The van der Waals surface area contributed by atoms with Gasteiger partial charge in [-0.2, -0.15) is 0 Å². The van der Waals surface area contributed by atoms with Crippen molar-refractivity contribution in [3.8, 4) is 0 Å². The molecule has 4 nitrogen and oxygen atoms in total. The molecular weight excluding hydrogens is 318 g/mol. The normalized spacial score (nSPS) is 31.7. The second-order valence-electron chi connectivity index (χ2n) is 8.95. The molecular formula is C19H35NO3Si. The molecule has 0 unspecified atom stereocenters. The molecule has 0 aromatic rings. The van der Waals surface area contributed by atoms with Gasteiger partial charge in [0, 0.05) is 13.1 Å². The van der Waals surface area contributed by atoms with E-state index >= 15 is 0 Å². The third kappa shape index (κ3) is 3.86. The van der Waals surface area contributed by atoms with E-state index in [1.165, 1.54) is 0 Å². The van der Waals surface area contributed by atoms with Gasteiger partial charge in [-0.15, -0.1) is 13.2 Å². The topological polar surface area (TPSA) is 30.9 Å². The number of hydrogen-bond acceptors (Lipinski definition) is 4. The molecule has 2 rings (SSSR count). The van der Waals surface area contributed by atoms with Crippen molar-refractivity contribution in [2.24, 2.45) is 0 Å². The molecule has 0 N–H and O–H groups in total. The molecule has 0 saturated carbocycles. The standard InChI is InChI=1S/C19H35NO3Si/c1-10-12-20-13-15-17(22-19(6,7)21-15)16(20)14(11-2)23-24(8,9)18(3,4)5/h10-11,14-17H,1-2,12-13H2,3-9H3/t14-,15+,16+,17+/m0/s1. The number of fused-ring (bicyclic) bond motifs is 1. The molecule has 0 aromatic carbocycles. The SMILES string of the molecule is C=CCN1C[C@H]2OC(C)(C)O[C@H]2[C@H]1[C@H](C=C)O[Si](C)(C)C(C)(C)C. The fraction of sp³-hybridized carbons (Fsp3) is 0.789. The summed E-state index contributed by atoms with van der Waals surface area (Å²) in [5.41, 5.74) is 0. The van der Waals surface area contributed by atoms with Crippen LogP contribution in [0, 0.1) is 0 Å². The minimum atomic E-state index is -1.91. The summed E-state index contributed by atoms with van der Waals surface area (Å²) < 4.78 is 19.0. The first-order valence-corrected chi connectivity index (χ1v) is 11.8. The van der Waals surface area contributed by atoms with Gasteiger partial charge in [-0.3, -0.25) is 4.90 Å². The zero-order chi connectivity index (χ0) is 18.3. The minimum Gasteiger partial charge on any atom is -0.409 e. The van der Waals surface area contributed by atoms with Crippen molar-refractivity contribution in [3.63, 3.8) is 0 Å². The van der Waals surface area contributed by atoms with Gasteiger partial charge in [-0.05, 0) is 32.0 Å². The van der Waals surface area contributed by atoms with Crippen molar-refractivity contribution in [3.05, 3.63) is 25.3 Å². The lowest BCUT2D eigenvalue weighted by Gasteiger charge is -2.42. The van der Waals surface area contributed by atoms with Gasteiger partial charge >= 0.3 is 0 Å². The van der Waals surface area contributed by atoms with E-state index in [2.05, 4.69) is 51.9 Å². The summed E-state index contributed by atoms with van der Waals surface area (Å²) in [7, 11) is -1.91. The summed E-state index contributed by atoms with van der Waals surface area (Å²) in [6.07, 6.45) is 3.89. The highest BCUT2D eigenvalue weighted by Gasteiger charge is 2.55. The molecule has 4 atom stereocenters. The van der Waals surface area contributed by atoms with Crippen LogP contribution in [0.25, 0.3) is 0 Å². The van der Waals surface area contributed by atoms with E-state index < -0.39 is 14.1 Å². The molecule has 24 heavy (non-hydrogen) atoms. The van der Waals surface area contributed by atoms with E-state index in [1.54, 1.807) is 0 Å². The maximum atomic E-state index is 6.70. The summed E-state index contributed by atoms with van der Waals surface area (Å²) in [6, 6.07) is 0.112. The van der Waals surface area contributed by atoms with Crippen molar-refractivity contribution in [2.75, 3.05) is 13.1 Å². The zero-order valence-electron chi connectivity index (χ0n) is 16.5. The zero-order valence-corrected chi connectivity index (χ0v) is 17.5. The van der Waals surface area contributed by atoms with E-state index in [4.69, 9.17) is 13.9 Å². The molecule has 0 bridgehead atoms. The molecule has 0 radical (unpaired) electrons. The van der Waals surface area contributed by atoms with E-state index in [0.29, 0.717) is 0 Å². The minimum absolute atomic E-state index is 0.00715. The molecule has 2 aliphatic rings. The number of ether oxygens (including phenoxy) is 2. The Morgan fingerprint density at radius 2 is 1.92 bits per heavy atom. The monoisotopic (exact) mass is 353 g/mol. The molecule has 0 aliphatic carbocycles. The summed E-state index contributed by atoms with van der Waals surface area (Å²) in [5.74, 6) is -0.531. The Morgan fingerprint density at radius 1 is 1.29 bits per heavy atom. The highest BCUT2D eigenvalue weighted by atomic mass is 28.4. The highest BCUT2D eigenvalue weighted by molar-refractivity contribution is 6.74. The quantitative estimate of drug-likeness (QED) is 0.534. The Kier molecular flexibility index (Phi) is 5.53. The maximum absolute atomic E-state index is 6.70. The number of nitrogens with zero attached hydrogens (tertiary/aromatic N) is 1. The van der Waals surface area contributed by atoms with E-state index in [-0.39, 0.29) is 29.4 Å². The Bertz CT molecular complexity index is 483. The van der Waals surface area contributed by atoms with Crippen LogP contribution < -0.4 is 0 Å². The Morgan fingerprint density at radius 3 is 2.42 bits per heavy atom. The van der Waals surface area contributed by atoms with E-state index in [0.717, 1.165) is 13.1 Å². The summed E-state index contributed by atoms with van der Waals surface area (Å²) in [5, 5.41) is 0.155. The van der Waals surface area contributed by atoms with Gasteiger partial charge in [0.25, 0.3) is 0 Å². The average molecular weight is 354 g/mol. The first-order chi connectivity index (χ1) is 10.9. The van der Waals surface area contributed by atoms with Gasteiger partial charge in [-0.1, -0.05) is 32.9 Å². The second-order valence-corrected chi connectivity index (χ2v) is 13.7. The van der Waals surface area contributed by atoms with Gasteiger partial charge in [0.1, 0.15) is 12.2 Å². The largest absolute Gasteiger partial charge is 0.409 e. The molecule has 2 saturated heterocycles. The van der Waals surface area contributed by atoms with Crippen LogP contribution in [-0.4, -0.2) is 56.4 Å². The number of hydrogen-bond donors (Lipinski definition) is 0. The first kappa shape index (κ1) is 19.9. The van der Waals surface area contributed by atoms with Crippen LogP contribution in [0.5, 0.6) is 0 Å². The van der Waals surface area contributed by atoms with Crippen LogP contribution in [-0.2, 0) is 13.9 Å². The van der Waals surface area contributed by atoms with Crippen molar-refractivity contribution < 1.29 is 13.9 Å². The summed E-state index contributed by atoms with van der Waals surface area (Å²) in [6.45, 7) is 24.9. The highest BCUT2D eigenvalue weighted by Crippen LogP contribution is 2.42. The lowest BCUT2D eigenvalue weighted by Crippen LogP contribution is -2.52. The van der Waals surface area contributed by atoms with Crippen LogP contribution in [0.15, 0.2) is 25.3 Å². The Hall–Kier alpha value is -0.463. The average Bonchev–Trinajstić information content (AvgIpc) is 2.86. The van der Waals surface area contributed by atoms with Crippen LogP contribution in [0.2, 0.25) is 18.1 Å². The molecule has 0 spiro atoms. The second kappa shape index (κ2) is 6.69. The van der Waals surface area contributed by atoms with Gasteiger partial charge in [0.05, 0.1) is 12.1 Å². The van der Waals surface area contributed by atoms with Crippen molar-refractivity contribution in [1.82, 2.24) is 4.90 Å². The molecule has 2 fully saturated rings. The van der Waals surface area contributed by atoms with Crippen LogP contribution >= 0.6 is 0 Å². The van der Waals surface area contributed by atoms with Crippen LogP contribution in [0.3, 0.4) is 0 Å². The van der Waals surface area contributed by atoms with E-state index in [9.17, 15) is 0 Å². The first-order valence-electron chi connectivity index (χ1n) is 8.93. The fourth-order valence-electron chi connectivity index (χ4n) is 3.39. The fourth-order valence-corrected chi connectivity index (χ4v) is 4.66.